The highest BCUT2D eigenvalue weighted by molar-refractivity contribution is 8.00. The predicted octanol–water partition coefficient (Wildman–Crippen LogP) is 0.788. The fourth-order valence-electron chi connectivity index (χ4n) is 3.02. The maximum Gasteiger partial charge on any atom is 0.352 e. The van der Waals surface area contributed by atoms with Crippen LogP contribution in [0.5, 0.6) is 0 Å². The average molecular weight is 393 g/mol. The summed E-state index contributed by atoms with van der Waals surface area (Å²) < 4.78 is 0. The molecule has 26 heavy (non-hydrogen) atoms. The van der Waals surface area contributed by atoms with Gasteiger partial charge in [0.25, 0.3) is 5.91 Å². The summed E-state index contributed by atoms with van der Waals surface area (Å²) in [5, 5.41) is 11.8. The molecule has 1 aromatic rings. The van der Waals surface area contributed by atoms with Gasteiger partial charge >= 0.3 is 5.97 Å². The van der Waals surface area contributed by atoms with Gasteiger partial charge in [-0.25, -0.2) is 4.79 Å². The van der Waals surface area contributed by atoms with Gasteiger partial charge in [-0.3, -0.25) is 14.5 Å². The Bertz CT molecular complexity index is 769. The van der Waals surface area contributed by atoms with Crippen LogP contribution >= 0.6 is 23.5 Å². The Labute approximate surface area is 159 Å². The lowest BCUT2D eigenvalue weighted by Crippen LogP contribution is -2.71. The third-order valence-electron chi connectivity index (χ3n) is 4.31. The lowest BCUT2D eigenvalue weighted by molar-refractivity contribution is -0.150. The third-order valence-corrected chi connectivity index (χ3v) is 6.28. The van der Waals surface area contributed by atoms with Crippen molar-refractivity contribution in [1.82, 2.24) is 10.2 Å². The first-order chi connectivity index (χ1) is 12.5. The number of carbonyl (C=O) groups excluding carboxylic acids is 2. The Morgan fingerprint density at radius 1 is 1.42 bits per heavy atom. The number of nitrogens with one attached hydrogen (secondary N) is 1. The fraction of sp³-hybridized carbons (Fsp3) is 0.353. The lowest BCUT2D eigenvalue weighted by atomic mass is 10.0. The maximum atomic E-state index is 12.5. The smallest absolute Gasteiger partial charge is 0.352 e. The first-order valence-electron chi connectivity index (χ1n) is 7.95. The number of benzene rings is 1. The van der Waals surface area contributed by atoms with Crippen LogP contribution in [-0.2, 0) is 14.4 Å². The van der Waals surface area contributed by atoms with Crippen LogP contribution < -0.4 is 11.1 Å². The zero-order valence-electron chi connectivity index (χ0n) is 14.0. The molecule has 138 valence electrons. The number of rotatable bonds is 6. The summed E-state index contributed by atoms with van der Waals surface area (Å²) in [5.41, 5.74) is 7.39. The van der Waals surface area contributed by atoms with Crippen LogP contribution in [0.1, 0.15) is 11.6 Å². The fourth-order valence-corrected chi connectivity index (χ4v) is 5.09. The molecule has 2 heterocycles. The number of carboxylic acid groups (broad SMARTS) is 1. The van der Waals surface area contributed by atoms with Crippen LogP contribution in [-0.4, -0.2) is 57.0 Å². The number of hydrogen-bond donors (Lipinski definition) is 3. The zero-order chi connectivity index (χ0) is 18.8. The average Bonchev–Trinajstić information content (AvgIpc) is 2.65. The van der Waals surface area contributed by atoms with Crippen LogP contribution in [0.15, 0.2) is 41.6 Å². The highest BCUT2D eigenvalue weighted by Crippen LogP contribution is 2.41. The number of aliphatic carboxylic acids is 1. The second-order valence-electron chi connectivity index (χ2n) is 5.97. The van der Waals surface area contributed by atoms with E-state index >= 15 is 0 Å². The van der Waals surface area contributed by atoms with Crippen LogP contribution in [0.25, 0.3) is 0 Å². The molecule has 0 aromatic heterocycles. The molecule has 1 aromatic carbocycles. The van der Waals surface area contributed by atoms with Gasteiger partial charge in [0.05, 0.1) is 0 Å². The van der Waals surface area contributed by atoms with Crippen molar-refractivity contribution in [3.8, 4) is 0 Å². The summed E-state index contributed by atoms with van der Waals surface area (Å²) in [6.07, 6.45) is 1.88. The van der Waals surface area contributed by atoms with Crippen molar-refractivity contribution in [2.75, 3.05) is 17.8 Å². The van der Waals surface area contributed by atoms with Gasteiger partial charge in [0.1, 0.15) is 23.2 Å². The monoisotopic (exact) mass is 393 g/mol. The SMILES string of the molecule is CSCC1=C(C(=O)O)N2C(=O)[C@@H](NC(=O)C(N)c3ccccc3)[C@@H]2SC1. The van der Waals surface area contributed by atoms with E-state index in [0.717, 1.165) is 5.57 Å². The quantitative estimate of drug-likeness (QED) is 0.613. The molecule has 0 saturated carbocycles. The minimum absolute atomic E-state index is 0.0472. The molecule has 0 spiro atoms. The van der Waals surface area contributed by atoms with E-state index in [1.54, 1.807) is 24.3 Å². The maximum absolute atomic E-state index is 12.5. The first-order valence-corrected chi connectivity index (χ1v) is 10.4. The molecule has 4 N–H and O–H groups in total. The van der Waals surface area contributed by atoms with Crippen molar-refractivity contribution in [2.24, 2.45) is 5.73 Å². The molecule has 2 aliphatic heterocycles. The van der Waals surface area contributed by atoms with Crippen molar-refractivity contribution in [1.29, 1.82) is 0 Å². The number of thioether (sulfide) groups is 2. The summed E-state index contributed by atoms with van der Waals surface area (Å²) in [7, 11) is 0. The van der Waals surface area contributed by atoms with E-state index in [1.165, 1.54) is 28.4 Å². The molecule has 0 bridgehead atoms. The Hall–Kier alpha value is -1.97. The van der Waals surface area contributed by atoms with Crippen molar-refractivity contribution >= 4 is 41.3 Å². The number of nitrogens with zero attached hydrogens (tertiary/aromatic N) is 1. The number of amides is 2. The van der Waals surface area contributed by atoms with Gasteiger partial charge in [-0.2, -0.15) is 11.8 Å². The van der Waals surface area contributed by atoms with E-state index < -0.39 is 35.2 Å². The van der Waals surface area contributed by atoms with Gasteiger partial charge in [0, 0.05) is 11.5 Å². The van der Waals surface area contributed by atoms with Crippen molar-refractivity contribution in [2.45, 2.75) is 17.5 Å². The topological polar surface area (TPSA) is 113 Å². The molecule has 0 radical (unpaired) electrons. The van der Waals surface area contributed by atoms with E-state index in [2.05, 4.69) is 5.32 Å². The molecular weight excluding hydrogens is 374 g/mol. The first kappa shape index (κ1) is 18.8. The van der Waals surface area contributed by atoms with E-state index in [0.29, 0.717) is 17.1 Å². The van der Waals surface area contributed by atoms with Gasteiger partial charge in [-0.1, -0.05) is 30.3 Å². The molecule has 9 heteroatoms. The predicted molar refractivity (Wildman–Crippen MR) is 101 cm³/mol. The summed E-state index contributed by atoms with van der Waals surface area (Å²) in [6, 6.07) is 7.25. The summed E-state index contributed by atoms with van der Waals surface area (Å²) >= 11 is 2.97. The van der Waals surface area contributed by atoms with E-state index in [1.807, 2.05) is 12.3 Å². The normalized spacial score (nSPS) is 23.2. The molecule has 3 atom stereocenters. The van der Waals surface area contributed by atoms with Crippen molar-refractivity contribution < 1.29 is 19.5 Å². The van der Waals surface area contributed by atoms with Crippen molar-refractivity contribution in [3.63, 3.8) is 0 Å². The largest absolute Gasteiger partial charge is 0.477 e. The molecule has 1 saturated heterocycles. The zero-order valence-corrected chi connectivity index (χ0v) is 15.7. The molecule has 7 nitrogen and oxygen atoms in total. The highest BCUT2D eigenvalue weighted by atomic mass is 32.2. The van der Waals surface area contributed by atoms with E-state index in [4.69, 9.17) is 5.73 Å². The Morgan fingerprint density at radius 2 is 2.12 bits per heavy atom. The lowest BCUT2D eigenvalue weighted by Gasteiger charge is -2.49. The van der Waals surface area contributed by atoms with Gasteiger partial charge in [0.2, 0.25) is 5.91 Å². The molecule has 3 rings (SSSR count). The van der Waals surface area contributed by atoms with Crippen LogP contribution in [0.2, 0.25) is 0 Å². The molecule has 2 amide bonds. The minimum atomic E-state index is -1.11. The summed E-state index contributed by atoms with van der Waals surface area (Å²) in [5.74, 6) is -0.898. The minimum Gasteiger partial charge on any atom is -0.477 e. The molecular formula is C17H19N3O4S2. The molecule has 0 aliphatic carbocycles. The number of carbonyl (C=O) groups is 3. The third kappa shape index (κ3) is 3.34. The van der Waals surface area contributed by atoms with E-state index in [-0.39, 0.29) is 5.70 Å². The highest BCUT2D eigenvalue weighted by Gasteiger charge is 2.54. The van der Waals surface area contributed by atoms with Crippen LogP contribution in [0.4, 0.5) is 0 Å². The number of nitrogens with two attached hydrogens (primary N) is 1. The summed E-state index contributed by atoms with van der Waals surface area (Å²) in [6.45, 7) is 0. The second kappa shape index (κ2) is 7.73. The van der Waals surface area contributed by atoms with Gasteiger partial charge < -0.3 is 16.2 Å². The van der Waals surface area contributed by atoms with Gasteiger partial charge in [-0.05, 0) is 17.4 Å². The van der Waals surface area contributed by atoms with Crippen molar-refractivity contribution in [3.05, 3.63) is 47.2 Å². The molecule has 2 aliphatic rings. The second-order valence-corrected chi connectivity index (χ2v) is 7.95. The number of carboxylic acids is 1. The molecule has 1 fully saturated rings. The van der Waals surface area contributed by atoms with Crippen LogP contribution in [0, 0.1) is 0 Å². The number of hydrogen-bond acceptors (Lipinski definition) is 6. The standard InChI is InChI=1S/C17H19N3O4S2/c1-25-7-10-8-26-16-12(15(22)20(16)13(10)17(23)24)19-14(21)11(18)9-5-3-2-4-6-9/h2-6,11-12,16H,7-8,18H2,1H3,(H,19,21)(H,23,24)/t11?,12-,16+/m1/s1. The number of fused-ring (bicyclic) bond motifs is 1. The van der Waals surface area contributed by atoms with Crippen LogP contribution in [0.3, 0.4) is 0 Å². The Morgan fingerprint density at radius 3 is 2.73 bits per heavy atom. The summed E-state index contributed by atoms with van der Waals surface area (Å²) in [4.78, 5) is 37.8. The van der Waals surface area contributed by atoms with Gasteiger partial charge in [0.15, 0.2) is 0 Å². The molecule has 1 unspecified atom stereocenters. The number of β-lactam (4-membered cyclic amide) rings is 1. The Kier molecular flexibility index (Phi) is 5.59. The van der Waals surface area contributed by atoms with Gasteiger partial charge in [-0.15, -0.1) is 11.8 Å². The Balaban J connectivity index is 1.73. The van der Waals surface area contributed by atoms with E-state index in [9.17, 15) is 19.5 Å².